The molecule has 0 heterocycles. The van der Waals surface area contributed by atoms with Gasteiger partial charge in [-0.1, -0.05) is 6.92 Å². The Kier molecular flexibility index (Phi) is 11.0. The van der Waals surface area contributed by atoms with E-state index in [1.165, 1.54) is 0 Å². The van der Waals surface area contributed by atoms with Crippen LogP contribution in [0.25, 0.3) is 0 Å². The minimum atomic E-state index is -0.787. The van der Waals surface area contributed by atoms with Gasteiger partial charge >= 0.3 is 5.97 Å². The summed E-state index contributed by atoms with van der Waals surface area (Å²) in [5.41, 5.74) is 0. The summed E-state index contributed by atoms with van der Waals surface area (Å²) in [4.78, 5) is 21.3. The average molecular weight is 207 g/mol. The standard InChI is InChI=1S/C4H9NO2.C4H8OS/c1-5(2)3-4(6)7;1-2-3-4(5)6/h3H2,1-2H3,(H,6,7);2-3H2,1H3,(H,5,6). The van der Waals surface area contributed by atoms with Gasteiger partial charge in [-0.25, -0.2) is 0 Å². The Bertz CT molecular complexity index is 159. The third kappa shape index (κ3) is 24.6. The van der Waals surface area contributed by atoms with Gasteiger partial charge in [-0.3, -0.25) is 14.5 Å². The number of carboxylic acid groups (broad SMARTS) is 1. The van der Waals surface area contributed by atoms with Crippen molar-refractivity contribution >= 4 is 23.7 Å². The van der Waals surface area contributed by atoms with Gasteiger partial charge in [0.05, 0.1) is 6.54 Å². The molecule has 0 aromatic heterocycles. The third-order valence-electron chi connectivity index (χ3n) is 0.915. The molecule has 0 aliphatic heterocycles. The van der Waals surface area contributed by atoms with Crippen molar-refractivity contribution < 1.29 is 14.7 Å². The lowest BCUT2D eigenvalue weighted by atomic mass is 10.4. The summed E-state index contributed by atoms with van der Waals surface area (Å²) in [5.74, 6) is -0.787. The van der Waals surface area contributed by atoms with Crippen LogP contribution >= 0.6 is 12.6 Å². The molecule has 0 bridgehead atoms. The second-order valence-electron chi connectivity index (χ2n) is 2.78. The number of thiol groups is 1. The molecule has 4 nitrogen and oxygen atoms in total. The normalized spacial score (nSPS) is 9.00. The first-order chi connectivity index (χ1) is 5.90. The van der Waals surface area contributed by atoms with E-state index in [0.29, 0.717) is 6.42 Å². The van der Waals surface area contributed by atoms with Gasteiger partial charge in [0.25, 0.3) is 0 Å². The van der Waals surface area contributed by atoms with Crippen LogP contribution in [0.1, 0.15) is 19.8 Å². The fourth-order valence-electron chi connectivity index (χ4n) is 0.484. The van der Waals surface area contributed by atoms with Crippen LogP contribution in [0.2, 0.25) is 0 Å². The van der Waals surface area contributed by atoms with E-state index in [1.54, 1.807) is 19.0 Å². The van der Waals surface area contributed by atoms with Crippen molar-refractivity contribution in [1.82, 2.24) is 4.90 Å². The molecule has 0 atom stereocenters. The molecule has 0 unspecified atom stereocenters. The van der Waals surface area contributed by atoms with Crippen LogP contribution in [-0.2, 0) is 9.59 Å². The molecule has 0 amide bonds. The number of nitrogens with zero attached hydrogens (tertiary/aromatic N) is 1. The van der Waals surface area contributed by atoms with E-state index in [1.807, 2.05) is 6.92 Å². The highest BCUT2D eigenvalue weighted by Crippen LogP contribution is 1.89. The summed E-state index contributed by atoms with van der Waals surface area (Å²) in [6, 6.07) is 0. The SMILES string of the molecule is CCCC(=O)S.CN(C)CC(=O)O. The molecule has 5 heteroatoms. The van der Waals surface area contributed by atoms with Crippen LogP contribution in [0.5, 0.6) is 0 Å². The zero-order chi connectivity index (χ0) is 10.9. The Morgan fingerprint density at radius 2 is 1.85 bits per heavy atom. The topological polar surface area (TPSA) is 57.6 Å². The quantitative estimate of drug-likeness (QED) is 0.672. The van der Waals surface area contributed by atoms with Crippen LogP contribution in [0.3, 0.4) is 0 Å². The van der Waals surface area contributed by atoms with Crippen molar-refractivity contribution in [3.05, 3.63) is 0 Å². The fraction of sp³-hybridized carbons (Fsp3) is 0.750. The molecule has 78 valence electrons. The predicted molar refractivity (Wildman–Crippen MR) is 55.1 cm³/mol. The van der Waals surface area contributed by atoms with E-state index in [2.05, 4.69) is 12.6 Å². The Morgan fingerprint density at radius 3 is 1.85 bits per heavy atom. The van der Waals surface area contributed by atoms with Crippen molar-refractivity contribution in [2.24, 2.45) is 0 Å². The lowest BCUT2D eigenvalue weighted by molar-refractivity contribution is -0.137. The molecule has 0 saturated heterocycles. The summed E-state index contributed by atoms with van der Waals surface area (Å²) in [6.45, 7) is 2.06. The summed E-state index contributed by atoms with van der Waals surface area (Å²) in [6.07, 6.45) is 1.51. The lowest BCUT2D eigenvalue weighted by Crippen LogP contribution is -2.20. The zero-order valence-electron chi connectivity index (χ0n) is 8.28. The fourth-order valence-corrected chi connectivity index (χ4v) is 0.708. The average Bonchev–Trinajstić information content (AvgIpc) is 1.83. The van der Waals surface area contributed by atoms with Crippen LogP contribution in [0.4, 0.5) is 0 Å². The second-order valence-corrected chi connectivity index (χ2v) is 3.27. The first-order valence-corrected chi connectivity index (χ1v) is 4.43. The van der Waals surface area contributed by atoms with Gasteiger partial charge < -0.3 is 5.11 Å². The number of carbonyl (C=O) groups excluding carboxylic acids is 1. The van der Waals surface area contributed by atoms with Crippen molar-refractivity contribution in [2.75, 3.05) is 20.6 Å². The third-order valence-corrected chi connectivity index (χ3v) is 1.14. The van der Waals surface area contributed by atoms with Gasteiger partial charge in [-0.05, 0) is 20.5 Å². The number of hydrogen-bond donors (Lipinski definition) is 2. The van der Waals surface area contributed by atoms with E-state index in [4.69, 9.17) is 5.11 Å². The molecule has 0 fully saturated rings. The molecule has 0 aromatic rings. The monoisotopic (exact) mass is 207 g/mol. The van der Waals surface area contributed by atoms with Gasteiger partial charge in [0.1, 0.15) is 0 Å². The van der Waals surface area contributed by atoms with E-state index in [9.17, 15) is 9.59 Å². The number of hydrogen-bond acceptors (Lipinski definition) is 3. The molecular formula is C8H17NO3S. The maximum Gasteiger partial charge on any atom is 0.317 e. The minimum Gasteiger partial charge on any atom is -0.480 e. The smallest absolute Gasteiger partial charge is 0.317 e. The zero-order valence-corrected chi connectivity index (χ0v) is 9.17. The Morgan fingerprint density at radius 1 is 1.38 bits per heavy atom. The van der Waals surface area contributed by atoms with Gasteiger partial charge in [-0.15, -0.1) is 12.6 Å². The summed E-state index contributed by atoms with van der Waals surface area (Å²) in [7, 11) is 3.43. The van der Waals surface area contributed by atoms with E-state index < -0.39 is 5.97 Å². The van der Waals surface area contributed by atoms with E-state index >= 15 is 0 Å². The highest BCUT2D eigenvalue weighted by molar-refractivity contribution is 7.96. The predicted octanol–water partition coefficient (Wildman–Crippen LogP) is 0.875. The number of likely N-dealkylation sites (N-methyl/N-ethyl adjacent to an activating group) is 1. The van der Waals surface area contributed by atoms with Gasteiger partial charge in [-0.2, -0.15) is 0 Å². The van der Waals surface area contributed by atoms with Crippen molar-refractivity contribution in [3.63, 3.8) is 0 Å². The maximum atomic E-state index is 9.91. The van der Waals surface area contributed by atoms with Gasteiger partial charge in [0, 0.05) is 6.42 Å². The first-order valence-electron chi connectivity index (χ1n) is 3.98. The van der Waals surface area contributed by atoms with Crippen LogP contribution < -0.4 is 0 Å². The van der Waals surface area contributed by atoms with Gasteiger partial charge in [0.2, 0.25) is 0 Å². The van der Waals surface area contributed by atoms with Crippen molar-refractivity contribution in [2.45, 2.75) is 19.8 Å². The Hall–Kier alpha value is -0.550. The summed E-state index contributed by atoms with van der Waals surface area (Å²) in [5, 5.41) is 8.03. The second kappa shape index (κ2) is 9.54. The van der Waals surface area contributed by atoms with Crippen molar-refractivity contribution in [3.8, 4) is 0 Å². The molecule has 0 aliphatic rings. The largest absolute Gasteiger partial charge is 0.480 e. The maximum absolute atomic E-state index is 9.91. The molecular weight excluding hydrogens is 190 g/mol. The molecule has 1 N–H and O–H groups in total. The molecule has 0 aromatic carbocycles. The summed E-state index contributed by atoms with van der Waals surface area (Å²) < 4.78 is 0. The van der Waals surface area contributed by atoms with E-state index in [-0.39, 0.29) is 11.7 Å². The highest BCUT2D eigenvalue weighted by atomic mass is 32.1. The number of aliphatic carboxylic acids is 1. The summed E-state index contributed by atoms with van der Waals surface area (Å²) >= 11 is 3.54. The molecule has 0 rings (SSSR count). The van der Waals surface area contributed by atoms with Crippen LogP contribution in [0, 0.1) is 0 Å². The van der Waals surface area contributed by atoms with Crippen LogP contribution in [0.15, 0.2) is 0 Å². The van der Waals surface area contributed by atoms with Crippen LogP contribution in [-0.4, -0.2) is 41.7 Å². The Labute approximate surface area is 84.3 Å². The van der Waals surface area contributed by atoms with Gasteiger partial charge in [0.15, 0.2) is 5.12 Å². The molecule has 0 saturated carbocycles. The first kappa shape index (κ1) is 14.9. The highest BCUT2D eigenvalue weighted by Gasteiger charge is 1.94. The molecule has 0 spiro atoms. The molecule has 0 radical (unpaired) electrons. The number of carboxylic acids is 1. The minimum absolute atomic E-state index is 0.0162. The lowest BCUT2D eigenvalue weighted by Gasteiger charge is -2.01. The number of carbonyl (C=O) groups is 2. The molecule has 13 heavy (non-hydrogen) atoms. The van der Waals surface area contributed by atoms with Crippen molar-refractivity contribution in [1.29, 1.82) is 0 Å². The van der Waals surface area contributed by atoms with E-state index in [0.717, 1.165) is 6.42 Å². The Balaban J connectivity index is 0. The number of rotatable bonds is 4. The molecule has 0 aliphatic carbocycles.